The summed E-state index contributed by atoms with van der Waals surface area (Å²) in [5.41, 5.74) is 0.863. The number of nitrogens with one attached hydrogen (secondary N) is 1. The van der Waals surface area contributed by atoms with E-state index in [4.69, 9.17) is 4.74 Å². The Bertz CT molecular complexity index is 555. The zero-order valence-electron chi connectivity index (χ0n) is 11.3. The normalized spacial score (nSPS) is 10.6. The molecule has 0 amide bonds. The van der Waals surface area contributed by atoms with Gasteiger partial charge in [-0.15, -0.1) is 0 Å². The Hall–Kier alpha value is -1.94. The van der Waals surface area contributed by atoms with Gasteiger partial charge in [0.15, 0.2) is 11.6 Å². The van der Waals surface area contributed by atoms with Crippen LogP contribution in [0.5, 0.6) is 11.5 Å². The summed E-state index contributed by atoms with van der Waals surface area (Å²) in [6.07, 6.45) is 1.04. The summed E-state index contributed by atoms with van der Waals surface area (Å²) < 4.78 is 32.0. The molecule has 1 N–H and O–H groups in total. The van der Waals surface area contributed by atoms with Crippen molar-refractivity contribution >= 4 is 0 Å². The van der Waals surface area contributed by atoms with Crippen LogP contribution in [0, 0.1) is 11.6 Å². The summed E-state index contributed by atoms with van der Waals surface area (Å²) in [7, 11) is 0. The fraction of sp³-hybridized carbons (Fsp3) is 0.250. The molecule has 0 fully saturated rings. The van der Waals surface area contributed by atoms with E-state index in [1.807, 2.05) is 6.07 Å². The lowest BCUT2D eigenvalue weighted by atomic mass is 10.2. The first-order chi connectivity index (χ1) is 9.69. The molecular weight excluding hydrogens is 260 g/mol. The van der Waals surface area contributed by atoms with Gasteiger partial charge in [-0.05, 0) is 54.9 Å². The molecule has 0 heterocycles. The first-order valence-corrected chi connectivity index (χ1v) is 6.61. The van der Waals surface area contributed by atoms with Crippen LogP contribution in [-0.4, -0.2) is 6.54 Å². The number of benzene rings is 2. The summed E-state index contributed by atoms with van der Waals surface area (Å²) in [6.45, 7) is 3.60. The molecule has 2 nitrogen and oxygen atoms in total. The predicted octanol–water partition coefficient (Wildman–Crippen LogP) is 4.26. The second-order valence-electron chi connectivity index (χ2n) is 4.50. The first-order valence-electron chi connectivity index (χ1n) is 6.61. The predicted molar refractivity (Wildman–Crippen MR) is 74.9 cm³/mol. The number of rotatable bonds is 6. The number of hydrogen-bond donors (Lipinski definition) is 1. The molecule has 2 aromatic rings. The summed E-state index contributed by atoms with van der Waals surface area (Å²) in [6, 6.07) is 10.3. The van der Waals surface area contributed by atoms with Gasteiger partial charge in [-0.3, -0.25) is 0 Å². The molecule has 0 atom stereocenters. The van der Waals surface area contributed by atoms with Crippen LogP contribution < -0.4 is 10.1 Å². The SMILES string of the molecule is CCCNCc1ccc(Oc2ccc(F)cc2)c(F)c1. The molecule has 0 aliphatic heterocycles. The molecule has 20 heavy (non-hydrogen) atoms. The minimum absolute atomic E-state index is 0.135. The summed E-state index contributed by atoms with van der Waals surface area (Å²) in [4.78, 5) is 0. The molecule has 0 aromatic heterocycles. The second kappa shape index (κ2) is 7.01. The van der Waals surface area contributed by atoms with E-state index in [1.165, 1.54) is 30.3 Å². The summed E-state index contributed by atoms with van der Waals surface area (Å²) >= 11 is 0. The number of halogens is 2. The number of hydrogen-bond acceptors (Lipinski definition) is 2. The van der Waals surface area contributed by atoms with Crippen molar-refractivity contribution < 1.29 is 13.5 Å². The Balaban J connectivity index is 2.03. The molecule has 0 bridgehead atoms. The fourth-order valence-corrected chi connectivity index (χ4v) is 1.78. The largest absolute Gasteiger partial charge is 0.454 e. The molecular formula is C16H17F2NO. The molecule has 106 valence electrons. The van der Waals surface area contributed by atoms with Gasteiger partial charge in [0.2, 0.25) is 0 Å². The smallest absolute Gasteiger partial charge is 0.166 e. The summed E-state index contributed by atoms with van der Waals surface area (Å²) in [5, 5.41) is 3.20. The van der Waals surface area contributed by atoms with Crippen LogP contribution in [0.1, 0.15) is 18.9 Å². The zero-order chi connectivity index (χ0) is 14.4. The molecule has 0 aliphatic rings. The Kier molecular flexibility index (Phi) is 5.07. The van der Waals surface area contributed by atoms with Crippen LogP contribution in [0.4, 0.5) is 8.78 Å². The molecule has 2 aromatic carbocycles. The van der Waals surface area contributed by atoms with Crippen molar-refractivity contribution in [3.05, 3.63) is 59.7 Å². The quantitative estimate of drug-likeness (QED) is 0.797. The highest BCUT2D eigenvalue weighted by Crippen LogP contribution is 2.25. The van der Waals surface area contributed by atoms with Gasteiger partial charge in [0.25, 0.3) is 0 Å². The molecule has 0 saturated heterocycles. The van der Waals surface area contributed by atoms with E-state index in [1.54, 1.807) is 6.07 Å². The monoisotopic (exact) mass is 277 g/mol. The topological polar surface area (TPSA) is 21.3 Å². The van der Waals surface area contributed by atoms with E-state index >= 15 is 0 Å². The highest BCUT2D eigenvalue weighted by molar-refractivity contribution is 5.34. The number of ether oxygens (including phenoxy) is 1. The second-order valence-corrected chi connectivity index (χ2v) is 4.50. The maximum absolute atomic E-state index is 13.9. The van der Waals surface area contributed by atoms with Crippen LogP contribution in [0.2, 0.25) is 0 Å². The van der Waals surface area contributed by atoms with E-state index in [0.717, 1.165) is 18.5 Å². The molecule has 2 rings (SSSR count). The van der Waals surface area contributed by atoms with Crippen LogP contribution in [0.25, 0.3) is 0 Å². The van der Waals surface area contributed by atoms with Crippen molar-refractivity contribution in [2.75, 3.05) is 6.54 Å². The minimum Gasteiger partial charge on any atom is -0.454 e. The maximum atomic E-state index is 13.9. The van der Waals surface area contributed by atoms with Gasteiger partial charge in [0.1, 0.15) is 11.6 Å². The van der Waals surface area contributed by atoms with Crippen molar-refractivity contribution in [3.8, 4) is 11.5 Å². The van der Waals surface area contributed by atoms with Crippen molar-refractivity contribution in [2.45, 2.75) is 19.9 Å². The van der Waals surface area contributed by atoms with Crippen molar-refractivity contribution in [1.29, 1.82) is 0 Å². The van der Waals surface area contributed by atoms with Gasteiger partial charge in [0, 0.05) is 6.54 Å². The van der Waals surface area contributed by atoms with Crippen LogP contribution in [0.3, 0.4) is 0 Å². The third-order valence-corrected chi connectivity index (χ3v) is 2.79. The highest BCUT2D eigenvalue weighted by Gasteiger charge is 2.06. The van der Waals surface area contributed by atoms with Crippen molar-refractivity contribution in [3.63, 3.8) is 0 Å². The van der Waals surface area contributed by atoms with Gasteiger partial charge in [-0.25, -0.2) is 8.78 Å². The van der Waals surface area contributed by atoms with E-state index in [2.05, 4.69) is 12.2 Å². The van der Waals surface area contributed by atoms with E-state index in [0.29, 0.717) is 12.3 Å². The lowest BCUT2D eigenvalue weighted by Crippen LogP contribution is -2.13. The van der Waals surface area contributed by atoms with Gasteiger partial charge >= 0.3 is 0 Å². The highest BCUT2D eigenvalue weighted by atomic mass is 19.1. The van der Waals surface area contributed by atoms with Gasteiger partial charge in [0.05, 0.1) is 0 Å². The van der Waals surface area contributed by atoms with Crippen LogP contribution in [-0.2, 0) is 6.54 Å². The van der Waals surface area contributed by atoms with Crippen LogP contribution >= 0.6 is 0 Å². The Morgan fingerprint density at radius 2 is 1.80 bits per heavy atom. The minimum atomic E-state index is -0.426. The van der Waals surface area contributed by atoms with Crippen molar-refractivity contribution in [2.24, 2.45) is 0 Å². The van der Waals surface area contributed by atoms with Crippen LogP contribution in [0.15, 0.2) is 42.5 Å². The molecule has 0 spiro atoms. The Morgan fingerprint density at radius 1 is 1.05 bits per heavy atom. The van der Waals surface area contributed by atoms with E-state index in [-0.39, 0.29) is 11.6 Å². The average molecular weight is 277 g/mol. The lowest BCUT2D eigenvalue weighted by molar-refractivity contribution is 0.440. The third kappa shape index (κ3) is 4.03. The van der Waals surface area contributed by atoms with Gasteiger partial charge in [-0.2, -0.15) is 0 Å². The Labute approximate surface area is 117 Å². The van der Waals surface area contributed by atoms with Gasteiger partial charge in [-0.1, -0.05) is 13.0 Å². The average Bonchev–Trinajstić information content (AvgIpc) is 2.44. The third-order valence-electron chi connectivity index (χ3n) is 2.79. The van der Waals surface area contributed by atoms with Crippen molar-refractivity contribution in [1.82, 2.24) is 5.32 Å². The molecule has 4 heteroatoms. The zero-order valence-corrected chi connectivity index (χ0v) is 11.3. The Morgan fingerprint density at radius 3 is 2.45 bits per heavy atom. The standard InChI is InChI=1S/C16H17F2NO/c1-2-9-19-11-12-3-8-16(15(18)10-12)20-14-6-4-13(17)5-7-14/h3-8,10,19H,2,9,11H2,1H3. The van der Waals surface area contributed by atoms with E-state index < -0.39 is 5.82 Å². The molecule has 0 unspecified atom stereocenters. The fourth-order valence-electron chi connectivity index (χ4n) is 1.78. The molecule has 0 saturated carbocycles. The maximum Gasteiger partial charge on any atom is 0.166 e. The van der Waals surface area contributed by atoms with Gasteiger partial charge < -0.3 is 10.1 Å². The first kappa shape index (κ1) is 14.5. The summed E-state index contributed by atoms with van der Waals surface area (Å²) in [5.74, 6) is -0.238. The molecule has 0 aliphatic carbocycles. The lowest BCUT2D eigenvalue weighted by Gasteiger charge is -2.09. The van der Waals surface area contributed by atoms with E-state index in [9.17, 15) is 8.78 Å². The molecule has 0 radical (unpaired) electrons.